The molecule has 0 saturated heterocycles. The van der Waals surface area contributed by atoms with Crippen molar-refractivity contribution < 1.29 is 9.47 Å². The summed E-state index contributed by atoms with van der Waals surface area (Å²) in [5, 5.41) is 0.520. The standard InChI is InChI=1S/C27H28N2O3/c1-19-22(27(30)25-23(31-2)14-15-24(32-3)26(25)28-19)18-29(16-20-10-6-4-7-11-20)17-21-12-8-5-9-13-21/h4-15H,16-18H2,1-3H3,(H,28,30). The lowest BCUT2D eigenvalue weighted by atomic mass is 10.1. The van der Waals surface area contributed by atoms with Gasteiger partial charge < -0.3 is 14.5 Å². The Labute approximate surface area is 188 Å². The fraction of sp³-hybridized carbons (Fsp3) is 0.222. The highest BCUT2D eigenvalue weighted by Gasteiger charge is 2.19. The minimum Gasteiger partial charge on any atom is -0.496 e. The normalized spacial score (nSPS) is 11.1. The summed E-state index contributed by atoms with van der Waals surface area (Å²) in [5.41, 5.74) is 4.61. The molecule has 3 aromatic carbocycles. The van der Waals surface area contributed by atoms with Crippen molar-refractivity contribution in [3.8, 4) is 11.5 Å². The molecule has 1 aromatic heterocycles. The van der Waals surface area contributed by atoms with Crippen LogP contribution in [0.1, 0.15) is 22.4 Å². The predicted octanol–water partition coefficient (Wildman–Crippen LogP) is 5.06. The summed E-state index contributed by atoms with van der Waals surface area (Å²) in [6.07, 6.45) is 0. The van der Waals surface area contributed by atoms with Crippen molar-refractivity contribution in [3.05, 3.63) is 105 Å². The first-order valence-electron chi connectivity index (χ1n) is 10.7. The molecule has 0 fully saturated rings. The maximum atomic E-state index is 13.7. The van der Waals surface area contributed by atoms with Crippen LogP contribution in [0, 0.1) is 6.92 Å². The van der Waals surface area contributed by atoms with Gasteiger partial charge in [-0.15, -0.1) is 0 Å². The number of aromatic nitrogens is 1. The van der Waals surface area contributed by atoms with Gasteiger partial charge in [0.05, 0.1) is 25.1 Å². The molecule has 4 aromatic rings. The minimum absolute atomic E-state index is 0.0295. The number of ether oxygens (including phenoxy) is 2. The second-order valence-corrected chi connectivity index (χ2v) is 7.89. The Morgan fingerprint density at radius 2 is 1.28 bits per heavy atom. The number of nitrogens with zero attached hydrogens (tertiary/aromatic N) is 1. The van der Waals surface area contributed by atoms with Crippen molar-refractivity contribution in [1.82, 2.24) is 9.88 Å². The van der Waals surface area contributed by atoms with E-state index < -0.39 is 0 Å². The Hall–Kier alpha value is -3.57. The molecular formula is C27H28N2O3. The van der Waals surface area contributed by atoms with Gasteiger partial charge in [-0.1, -0.05) is 60.7 Å². The number of fused-ring (bicyclic) bond motifs is 1. The summed E-state index contributed by atoms with van der Waals surface area (Å²) < 4.78 is 11.0. The summed E-state index contributed by atoms with van der Waals surface area (Å²) >= 11 is 0. The molecule has 5 nitrogen and oxygen atoms in total. The molecule has 4 rings (SSSR count). The third-order valence-corrected chi connectivity index (χ3v) is 5.71. The first-order valence-corrected chi connectivity index (χ1v) is 10.7. The summed E-state index contributed by atoms with van der Waals surface area (Å²) in [6, 6.07) is 24.3. The maximum Gasteiger partial charge on any atom is 0.198 e. The van der Waals surface area contributed by atoms with E-state index >= 15 is 0 Å². The first kappa shape index (κ1) is 21.7. The topological polar surface area (TPSA) is 54.6 Å². The lowest BCUT2D eigenvalue weighted by molar-refractivity contribution is 0.246. The molecule has 0 aliphatic rings. The van der Waals surface area contributed by atoms with E-state index in [1.165, 1.54) is 11.1 Å². The Morgan fingerprint density at radius 3 is 1.81 bits per heavy atom. The van der Waals surface area contributed by atoms with Crippen LogP contribution in [0.2, 0.25) is 0 Å². The molecule has 0 saturated carbocycles. The van der Waals surface area contributed by atoms with E-state index in [9.17, 15) is 4.79 Å². The van der Waals surface area contributed by atoms with E-state index in [1.54, 1.807) is 20.3 Å². The average Bonchev–Trinajstić information content (AvgIpc) is 2.82. The molecule has 0 radical (unpaired) electrons. The van der Waals surface area contributed by atoms with Crippen molar-refractivity contribution in [2.75, 3.05) is 14.2 Å². The molecule has 1 heterocycles. The molecule has 5 heteroatoms. The Balaban J connectivity index is 1.77. The van der Waals surface area contributed by atoms with Crippen molar-refractivity contribution in [3.63, 3.8) is 0 Å². The highest BCUT2D eigenvalue weighted by atomic mass is 16.5. The molecule has 0 atom stereocenters. The molecule has 32 heavy (non-hydrogen) atoms. The van der Waals surface area contributed by atoms with Gasteiger partial charge in [-0.05, 0) is 30.2 Å². The number of benzene rings is 3. The van der Waals surface area contributed by atoms with Gasteiger partial charge in [-0.25, -0.2) is 0 Å². The zero-order valence-electron chi connectivity index (χ0n) is 18.7. The van der Waals surface area contributed by atoms with Gasteiger partial charge in [0.15, 0.2) is 5.43 Å². The number of H-pyrrole nitrogens is 1. The SMILES string of the molecule is COc1ccc(OC)c2c(=O)c(CN(Cc3ccccc3)Cc3ccccc3)c(C)[nH]c12. The zero-order chi connectivity index (χ0) is 22.5. The monoisotopic (exact) mass is 428 g/mol. The van der Waals surface area contributed by atoms with Crippen LogP contribution in [0.15, 0.2) is 77.6 Å². The van der Waals surface area contributed by atoms with Crippen molar-refractivity contribution in [1.29, 1.82) is 0 Å². The molecule has 0 amide bonds. The molecular weight excluding hydrogens is 400 g/mol. The van der Waals surface area contributed by atoms with Gasteiger partial charge in [0.25, 0.3) is 0 Å². The van der Waals surface area contributed by atoms with E-state index in [4.69, 9.17) is 9.47 Å². The van der Waals surface area contributed by atoms with E-state index in [-0.39, 0.29) is 5.43 Å². The lowest BCUT2D eigenvalue weighted by Gasteiger charge is -2.24. The van der Waals surface area contributed by atoms with Crippen molar-refractivity contribution in [2.45, 2.75) is 26.6 Å². The van der Waals surface area contributed by atoms with Crippen LogP contribution in [-0.2, 0) is 19.6 Å². The van der Waals surface area contributed by atoms with Gasteiger partial charge in [0, 0.05) is 30.9 Å². The first-order chi connectivity index (χ1) is 15.6. The number of methoxy groups -OCH3 is 2. The number of nitrogens with one attached hydrogen (secondary N) is 1. The predicted molar refractivity (Wildman–Crippen MR) is 128 cm³/mol. The van der Waals surface area contributed by atoms with E-state index in [0.29, 0.717) is 28.9 Å². The molecule has 0 spiro atoms. The molecule has 0 bridgehead atoms. The number of hydrogen-bond acceptors (Lipinski definition) is 4. The zero-order valence-corrected chi connectivity index (χ0v) is 18.7. The molecule has 1 N–H and O–H groups in total. The average molecular weight is 429 g/mol. The van der Waals surface area contributed by atoms with Crippen LogP contribution >= 0.6 is 0 Å². The Bertz CT molecular complexity index is 1210. The van der Waals surface area contributed by atoms with Crippen molar-refractivity contribution in [2.24, 2.45) is 0 Å². The third kappa shape index (κ3) is 4.53. The van der Waals surface area contributed by atoms with Crippen LogP contribution in [0.3, 0.4) is 0 Å². The van der Waals surface area contributed by atoms with Gasteiger partial charge >= 0.3 is 0 Å². The molecule has 164 valence electrons. The van der Waals surface area contributed by atoms with Crippen LogP contribution in [0.4, 0.5) is 0 Å². The molecule has 0 aliphatic carbocycles. The van der Waals surface area contributed by atoms with E-state index in [0.717, 1.165) is 24.3 Å². The largest absolute Gasteiger partial charge is 0.496 e. The number of hydrogen-bond donors (Lipinski definition) is 1. The quantitative estimate of drug-likeness (QED) is 0.426. The smallest absolute Gasteiger partial charge is 0.198 e. The van der Waals surface area contributed by atoms with Gasteiger partial charge in [0.1, 0.15) is 11.5 Å². The van der Waals surface area contributed by atoms with Gasteiger partial charge in [-0.3, -0.25) is 9.69 Å². The number of aryl methyl sites for hydroxylation is 1. The second-order valence-electron chi connectivity index (χ2n) is 7.89. The summed E-state index contributed by atoms with van der Waals surface area (Å²) in [5.74, 6) is 1.17. The van der Waals surface area contributed by atoms with E-state index in [1.807, 2.05) is 49.4 Å². The van der Waals surface area contributed by atoms with Gasteiger partial charge in [-0.2, -0.15) is 0 Å². The number of pyridine rings is 1. The lowest BCUT2D eigenvalue weighted by Crippen LogP contribution is -2.27. The third-order valence-electron chi connectivity index (χ3n) is 5.71. The number of aromatic amines is 1. The Morgan fingerprint density at radius 1 is 0.750 bits per heavy atom. The highest BCUT2D eigenvalue weighted by Crippen LogP contribution is 2.30. The van der Waals surface area contributed by atoms with Crippen LogP contribution in [0.25, 0.3) is 10.9 Å². The van der Waals surface area contributed by atoms with Crippen molar-refractivity contribution >= 4 is 10.9 Å². The second kappa shape index (κ2) is 9.71. The van der Waals surface area contributed by atoms with Crippen LogP contribution < -0.4 is 14.9 Å². The highest BCUT2D eigenvalue weighted by molar-refractivity contribution is 5.90. The van der Waals surface area contributed by atoms with Gasteiger partial charge in [0.2, 0.25) is 0 Å². The van der Waals surface area contributed by atoms with Crippen LogP contribution in [-0.4, -0.2) is 24.1 Å². The van der Waals surface area contributed by atoms with Crippen LogP contribution in [0.5, 0.6) is 11.5 Å². The number of rotatable bonds is 8. The fourth-order valence-electron chi connectivity index (χ4n) is 4.10. The Kier molecular flexibility index (Phi) is 6.57. The summed E-state index contributed by atoms with van der Waals surface area (Å²) in [7, 11) is 3.18. The minimum atomic E-state index is -0.0295. The van der Waals surface area contributed by atoms with E-state index in [2.05, 4.69) is 34.1 Å². The molecule has 0 unspecified atom stereocenters. The fourth-order valence-corrected chi connectivity index (χ4v) is 4.10. The molecule has 0 aliphatic heterocycles. The maximum absolute atomic E-state index is 13.7. The summed E-state index contributed by atoms with van der Waals surface area (Å²) in [6.45, 7) is 3.93. The summed E-state index contributed by atoms with van der Waals surface area (Å²) in [4.78, 5) is 19.3.